The molecule has 3 aliphatic rings. The highest BCUT2D eigenvalue weighted by molar-refractivity contribution is 6.39. The van der Waals surface area contributed by atoms with Gasteiger partial charge in [-0.15, -0.1) is 0 Å². The first-order valence-corrected chi connectivity index (χ1v) is 16.1. The minimum atomic E-state index is -0.778. The van der Waals surface area contributed by atoms with Gasteiger partial charge in [-0.25, -0.2) is 9.69 Å². The van der Waals surface area contributed by atoms with Crippen molar-refractivity contribution < 1.29 is 19.1 Å². The van der Waals surface area contributed by atoms with Crippen molar-refractivity contribution in [2.75, 3.05) is 22.9 Å². The van der Waals surface area contributed by atoms with E-state index in [1.54, 1.807) is 18.2 Å². The Morgan fingerprint density at radius 1 is 0.826 bits per heavy atom. The Bertz CT molecular complexity index is 1800. The zero-order valence-corrected chi connectivity index (χ0v) is 26.5. The molecule has 0 aliphatic carbocycles. The van der Waals surface area contributed by atoms with Gasteiger partial charge in [0.05, 0.1) is 11.8 Å². The third-order valence-electron chi connectivity index (χ3n) is 8.99. The van der Waals surface area contributed by atoms with E-state index in [1.165, 1.54) is 22.9 Å². The molecule has 1 saturated heterocycles. The van der Waals surface area contributed by atoms with Crippen molar-refractivity contribution in [3.05, 3.63) is 129 Å². The summed E-state index contributed by atoms with van der Waals surface area (Å²) in [6, 6.07) is 28.9. The van der Waals surface area contributed by atoms with E-state index in [9.17, 15) is 14.4 Å². The molecule has 46 heavy (non-hydrogen) atoms. The van der Waals surface area contributed by atoms with Crippen molar-refractivity contribution in [3.63, 3.8) is 0 Å². The predicted molar refractivity (Wildman–Crippen MR) is 181 cm³/mol. The molecular weight excluding hydrogens is 598 g/mol. The summed E-state index contributed by atoms with van der Waals surface area (Å²) in [7, 11) is 0. The number of benzene rings is 4. The summed E-state index contributed by atoms with van der Waals surface area (Å²) in [5.74, 6) is -0.820. The lowest BCUT2D eigenvalue weighted by Crippen LogP contribution is -2.54. The van der Waals surface area contributed by atoms with Crippen LogP contribution in [0.25, 0.3) is 6.08 Å². The maximum Gasteiger partial charge on any atom is 0.335 e. The van der Waals surface area contributed by atoms with E-state index in [4.69, 9.17) is 16.3 Å². The van der Waals surface area contributed by atoms with Gasteiger partial charge in [-0.1, -0.05) is 72.3 Å². The van der Waals surface area contributed by atoms with Gasteiger partial charge in [-0.3, -0.25) is 14.9 Å². The van der Waals surface area contributed by atoms with Crippen LogP contribution in [-0.4, -0.2) is 37.0 Å². The van der Waals surface area contributed by atoms with Crippen LogP contribution in [0, 0.1) is 0 Å². The van der Waals surface area contributed by atoms with Crippen LogP contribution in [0.15, 0.2) is 96.6 Å². The Morgan fingerprint density at radius 2 is 1.41 bits per heavy atom. The normalized spacial score (nSPS) is 20.2. The smallest absolute Gasteiger partial charge is 0.335 e. The minimum Gasteiger partial charge on any atom is -0.490 e. The number of imide groups is 2. The third kappa shape index (κ3) is 5.45. The molecule has 1 fully saturated rings. The average Bonchev–Trinajstić information content (AvgIpc) is 3.05. The average molecular weight is 632 g/mol. The molecule has 3 aliphatic heterocycles. The van der Waals surface area contributed by atoms with E-state index in [0.717, 1.165) is 42.0 Å². The van der Waals surface area contributed by atoms with Crippen LogP contribution in [0.2, 0.25) is 5.02 Å². The zero-order valence-electron chi connectivity index (χ0n) is 25.7. The van der Waals surface area contributed by atoms with Gasteiger partial charge in [0.25, 0.3) is 11.8 Å². The van der Waals surface area contributed by atoms with Gasteiger partial charge in [0, 0.05) is 41.2 Å². The number of barbiturate groups is 1. The number of carbonyl (C=O) groups is 3. The predicted octanol–water partition coefficient (Wildman–Crippen LogP) is 7.67. The number of nitrogens with zero attached hydrogens (tertiary/aromatic N) is 2. The van der Waals surface area contributed by atoms with E-state index in [0.29, 0.717) is 22.0 Å². The molecule has 0 unspecified atom stereocenters. The lowest BCUT2D eigenvalue weighted by Gasteiger charge is -2.44. The first-order valence-electron chi connectivity index (χ1n) is 15.7. The van der Waals surface area contributed by atoms with Crippen molar-refractivity contribution in [1.29, 1.82) is 0 Å². The lowest BCUT2D eigenvalue weighted by molar-refractivity contribution is -0.122. The van der Waals surface area contributed by atoms with Crippen LogP contribution in [0.1, 0.15) is 66.3 Å². The zero-order chi connectivity index (χ0) is 31.9. The van der Waals surface area contributed by atoms with E-state index in [-0.39, 0.29) is 23.5 Å². The number of ether oxygens (including phenoxy) is 1. The fourth-order valence-electron chi connectivity index (χ4n) is 7.01. The summed E-state index contributed by atoms with van der Waals surface area (Å²) in [6.07, 6.45) is 3.12. The Labute approximate surface area is 273 Å². The number of rotatable bonds is 6. The molecule has 232 valence electrons. The number of nitrogens with one attached hydrogen (secondary N) is 1. The van der Waals surface area contributed by atoms with Gasteiger partial charge < -0.3 is 9.64 Å². The second-order valence-corrected chi connectivity index (χ2v) is 12.7. The largest absolute Gasteiger partial charge is 0.490 e. The Morgan fingerprint density at radius 3 is 1.98 bits per heavy atom. The van der Waals surface area contributed by atoms with Crippen LogP contribution in [0.4, 0.5) is 16.2 Å². The quantitative estimate of drug-likeness (QED) is 0.175. The van der Waals surface area contributed by atoms with Crippen molar-refractivity contribution in [3.8, 4) is 5.75 Å². The number of hydrogen-bond acceptors (Lipinski definition) is 5. The van der Waals surface area contributed by atoms with Crippen molar-refractivity contribution >= 4 is 46.9 Å². The van der Waals surface area contributed by atoms with Crippen LogP contribution in [0.3, 0.4) is 0 Å². The van der Waals surface area contributed by atoms with Gasteiger partial charge >= 0.3 is 6.03 Å². The third-order valence-corrected chi connectivity index (χ3v) is 9.23. The Balaban J connectivity index is 1.38. The fraction of sp³-hybridized carbons (Fsp3) is 0.237. The summed E-state index contributed by atoms with van der Waals surface area (Å²) in [4.78, 5) is 44.4. The molecule has 1 N–H and O–H groups in total. The highest BCUT2D eigenvalue weighted by Crippen LogP contribution is 2.50. The molecule has 4 aromatic carbocycles. The Hall–Kier alpha value is -4.88. The molecule has 0 bridgehead atoms. The summed E-state index contributed by atoms with van der Waals surface area (Å²) >= 11 is 6.30. The van der Waals surface area contributed by atoms with Gasteiger partial charge in [0.15, 0.2) is 0 Å². The molecule has 4 aromatic rings. The Kier molecular flexibility index (Phi) is 7.87. The number of urea groups is 1. The van der Waals surface area contributed by atoms with E-state index >= 15 is 0 Å². The lowest BCUT2D eigenvalue weighted by atomic mass is 9.76. The van der Waals surface area contributed by atoms with E-state index in [2.05, 4.69) is 34.5 Å². The molecule has 4 amide bonds. The number of carbonyl (C=O) groups excluding carboxylic acids is 3. The second kappa shape index (κ2) is 12.1. The number of halogens is 1. The first-order chi connectivity index (χ1) is 22.3. The molecule has 8 heteroatoms. The minimum absolute atomic E-state index is 0.0856. The van der Waals surface area contributed by atoms with Crippen LogP contribution in [0.5, 0.6) is 5.75 Å². The first kappa shape index (κ1) is 29.8. The second-order valence-electron chi connectivity index (χ2n) is 12.3. The van der Waals surface area contributed by atoms with Crippen LogP contribution < -0.4 is 19.9 Å². The number of hydrogen-bond donors (Lipinski definition) is 1. The summed E-state index contributed by atoms with van der Waals surface area (Å²) in [5, 5.41) is 2.83. The summed E-state index contributed by atoms with van der Waals surface area (Å²) < 4.78 is 5.93. The molecule has 7 nitrogen and oxygen atoms in total. The summed E-state index contributed by atoms with van der Waals surface area (Å²) in [5.41, 5.74) is 6.44. The van der Waals surface area contributed by atoms with Gasteiger partial charge in [-0.05, 0) is 85.4 Å². The molecule has 7 rings (SSSR count). The van der Waals surface area contributed by atoms with Crippen molar-refractivity contribution in [2.24, 2.45) is 0 Å². The van der Waals surface area contributed by atoms with Crippen LogP contribution in [-0.2, 0) is 9.59 Å². The number of amides is 4. The molecule has 0 spiro atoms. The van der Waals surface area contributed by atoms with Gasteiger partial charge in [0.1, 0.15) is 11.3 Å². The molecule has 0 radical (unpaired) electrons. The van der Waals surface area contributed by atoms with Gasteiger partial charge in [0.2, 0.25) is 0 Å². The van der Waals surface area contributed by atoms with Gasteiger partial charge in [-0.2, -0.15) is 0 Å². The highest BCUT2D eigenvalue weighted by Gasteiger charge is 2.40. The molecule has 0 saturated carbocycles. The SMILES string of the molecule is CC(C)Oc1ccc(Cl)cc1/C=C1\C(=O)NC(=O)N(c2cc3c4c(c2)[C@@H](c2ccccc2)CCN4CC[C@@H]3c2ccccc2)C1=O. The fourth-order valence-corrected chi connectivity index (χ4v) is 7.19. The molecule has 0 aromatic heterocycles. The molecule has 3 heterocycles. The maximum atomic E-state index is 14.2. The monoisotopic (exact) mass is 631 g/mol. The molecular formula is C38H34ClN3O4. The maximum absolute atomic E-state index is 14.2. The van der Waals surface area contributed by atoms with Crippen LogP contribution >= 0.6 is 11.6 Å². The highest BCUT2D eigenvalue weighted by atomic mass is 35.5. The van der Waals surface area contributed by atoms with E-state index in [1.807, 2.05) is 62.4 Å². The molecule has 2 atom stereocenters. The van der Waals surface area contributed by atoms with Crippen molar-refractivity contribution in [2.45, 2.75) is 44.6 Å². The standard InChI is InChI=1S/C38H34ClN3O4/c1-23(2)46-34-14-13-27(39)19-26(34)20-33-36(43)40-38(45)42(37(33)44)28-21-31-29(24-9-5-3-6-10-24)15-17-41-18-16-30(32(22-28)35(31)41)25-11-7-4-8-12-25/h3-14,19-23,29-30H,15-18H2,1-2H3,(H,40,43,45)/b33-20+/t29-,30-/m1/s1. The topological polar surface area (TPSA) is 79.0 Å². The van der Waals surface area contributed by atoms with E-state index < -0.39 is 17.8 Å². The summed E-state index contributed by atoms with van der Waals surface area (Å²) in [6.45, 7) is 5.62. The number of anilines is 2. The van der Waals surface area contributed by atoms with Crippen molar-refractivity contribution in [1.82, 2.24) is 5.32 Å².